The van der Waals surface area contributed by atoms with Crippen molar-refractivity contribution in [2.75, 3.05) is 37.8 Å². The van der Waals surface area contributed by atoms with Crippen LogP contribution in [0.4, 0.5) is 0 Å². The highest BCUT2D eigenvalue weighted by atomic mass is 32.2. The Balaban J connectivity index is 1.40. The van der Waals surface area contributed by atoms with Gasteiger partial charge in [-0.25, -0.2) is 0 Å². The van der Waals surface area contributed by atoms with Gasteiger partial charge in [-0.15, -0.1) is 11.8 Å². The van der Waals surface area contributed by atoms with Crippen molar-refractivity contribution in [3.63, 3.8) is 0 Å². The molecule has 3 aliphatic rings. The number of nitrogens with one attached hydrogen (secondary N) is 1. The Hall–Kier alpha value is -1.53. The first-order chi connectivity index (χ1) is 12.2. The van der Waals surface area contributed by atoms with Crippen molar-refractivity contribution in [3.8, 4) is 0 Å². The summed E-state index contributed by atoms with van der Waals surface area (Å²) >= 11 is 1.77. The molecule has 134 valence electrons. The van der Waals surface area contributed by atoms with E-state index in [0.717, 1.165) is 49.5 Å². The molecule has 0 spiro atoms. The van der Waals surface area contributed by atoms with Crippen LogP contribution in [0, 0.1) is 0 Å². The molecule has 5 nitrogen and oxygen atoms in total. The first-order valence-electron chi connectivity index (χ1n) is 9.23. The van der Waals surface area contributed by atoms with Gasteiger partial charge >= 0.3 is 0 Å². The van der Waals surface area contributed by atoms with Gasteiger partial charge in [0.05, 0.1) is 6.04 Å². The van der Waals surface area contributed by atoms with Crippen LogP contribution >= 0.6 is 11.8 Å². The molecular weight excluding hydrogens is 334 g/mol. The summed E-state index contributed by atoms with van der Waals surface area (Å²) in [5.74, 6) is 2.01. The Labute approximate surface area is 153 Å². The molecule has 25 heavy (non-hydrogen) atoms. The lowest BCUT2D eigenvalue weighted by Crippen LogP contribution is -2.46. The number of amides is 2. The van der Waals surface area contributed by atoms with Gasteiger partial charge in [-0.2, -0.15) is 0 Å². The number of aryl methyl sites for hydroxylation is 2. The average molecular weight is 359 g/mol. The Kier molecular flexibility index (Phi) is 4.99. The number of carbonyl (C=O) groups excluding carboxylic acids is 2. The van der Waals surface area contributed by atoms with E-state index in [0.29, 0.717) is 13.1 Å². The molecule has 2 aliphatic heterocycles. The highest BCUT2D eigenvalue weighted by Crippen LogP contribution is 2.23. The molecule has 2 fully saturated rings. The molecule has 4 rings (SSSR count). The van der Waals surface area contributed by atoms with Crippen molar-refractivity contribution >= 4 is 23.6 Å². The minimum Gasteiger partial charge on any atom is -0.339 e. The zero-order valence-electron chi connectivity index (χ0n) is 14.5. The van der Waals surface area contributed by atoms with E-state index >= 15 is 0 Å². The highest BCUT2D eigenvalue weighted by molar-refractivity contribution is 7.99. The maximum Gasteiger partial charge on any atom is 0.253 e. The fourth-order valence-electron chi connectivity index (χ4n) is 4.00. The zero-order chi connectivity index (χ0) is 17.2. The van der Waals surface area contributed by atoms with Crippen LogP contribution in [0.25, 0.3) is 0 Å². The molecule has 2 heterocycles. The molecule has 1 aromatic rings. The number of rotatable bonds is 2. The van der Waals surface area contributed by atoms with E-state index in [9.17, 15) is 9.59 Å². The predicted molar refractivity (Wildman–Crippen MR) is 99.8 cm³/mol. The smallest absolute Gasteiger partial charge is 0.253 e. The third kappa shape index (κ3) is 3.55. The number of hydrogen-bond donors (Lipinski definition) is 1. The molecule has 0 aromatic heterocycles. The van der Waals surface area contributed by atoms with E-state index in [-0.39, 0.29) is 17.9 Å². The summed E-state index contributed by atoms with van der Waals surface area (Å²) < 4.78 is 0. The van der Waals surface area contributed by atoms with Gasteiger partial charge in [-0.05, 0) is 48.9 Å². The van der Waals surface area contributed by atoms with Gasteiger partial charge in [0.2, 0.25) is 5.91 Å². The van der Waals surface area contributed by atoms with E-state index < -0.39 is 0 Å². The summed E-state index contributed by atoms with van der Waals surface area (Å²) in [7, 11) is 0. The molecule has 1 unspecified atom stereocenters. The van der Waals surface area contributed by atoms with Crippen molar-refractivity contribution in [3.05, 3.63) is 34.9 Å². The van der Waals surface area contributed by atoms with E-state index in [1.165, 1.54) is 17.5 Å². The normalized spacial score (nSPS) is 23.4. The minimum atomic E-state index is -0.0519. The van der Waals surface area contributed by atoms with Gasteiger partial charge in [0.25, 0.3) is 5.91 Å². The first-order valence-corrected chi connectivity index (χ1v) is 10.4. The molecule has 6 heteroatoms. The van der Waals surface area contributed by atoms with Crippen LogP contribution in [0.2, 0.25) is 0 Å². The highest BCUT2D eigenvalue weighted by Gasteiger charge is 2.29. The second-order valence-electron chi connectivity index (χ2n) is 7.08. The van der Waals surface area contributed by atoms with Crippen molar-refractivity contribution < 1.29 is 9.59 Å². The van der Waals surface area contributed by atoms with Crippen LogP contribution in [0.3, 0.4) is 0 Å². The van der Waals surface area contributed by atoms with Crippen molar-refractivity contribution in [2.24, 2.45) is 0 Å². The number of thioether (sulfide) groups is 1. The second kappa shape index (κ2) is 7.38. The molecule has 1 aromatic carbocycles. The number of carbonyl (C=O) groups is 2. The predicted octanol–water partition coefficient (Wildman–Crippen LogP) is 1.51. The van der Waals surface area contributed by atoms with Gasteiger partial charge in [0, 0.05) is 43.4 Å². The third-order valence-corrected chi connectivity index (χ3v) is 6.39. The monoisotopic (exact) mass is 359 g/mol. The first kappa shape index (κ1) is 16.9. The lowest BCUT2D eigenvalue weighted by Gasteiger charge is -2.24. The van der Waals surface area contributed by atoms with E-state index in [1.807, 2.05) is 15.9 Å². The van der Waals surface area contributed by atoms with Gasteiger partial charge in [0.15, 0.2) is 0 Å². The molecule has 2 saturated heterocycles. The number of benzene rings is 1. The van der Waals surface area contributed by atoms with E-state index in [4.69, 9.17) is 0 Å². The summed E-state index contributed by atoms with van der Waals surface area (Å²) in [5, 5.41) is 3.25. The summed E-state index contributed by atoms with van der Waals surface area (Å²) in [6.07, 6.45) is 4.27. The topological polar surface area (TPSA) is 52.7 Å². The Morgan fingerprint density at radius 2 is 1.80 bits per heavy atom. The quantitative estimate of drug-likeness (QED) is 0.870. The van der Waals surface area contributed by atoms with Crippen molar-refractivity contribution in [1.29, 1.82) is 0 Å². The minimum absolute atomic E-state index is 0.0519. The maximum atomic E-state index is 12.9. The number of hydrogen-bond acceptors (Lipinski definition) is 4. The lowest BCUT2D eigenvalue weighted by atomic mass is 10.1. The van der Waals surface area contributed by atoms with Crippen LogP contribution < -0.4 is 5.32 Å². The molecule has 2 amide bonds. The van der Waals surface area contributed by atoms with Gasteiger partial charge < -0.3 is 9.80 Å². The molecule has 1 N–H and O–H groups in total. The number of nitrogens with zero attached hydrogens (tertiary/aromatic N) is 2. The average Bonchev–Trinajstić information content (AvgIpc) is 3.27. The zero-order valence-corrected chi connectivity index (χ0v) is 15.3. The van der Waals surface area contributed by atoms with Gasteiger partial charge in [0.1, 0.15) is 0 Å². The summed E-state index contributed by atoms with van der Waals surface area (Å²) in [6, 6.07) is 6.12. The largest absolute Gasteiger partial charge is 0.339 e. The Bertz CT molecular complexity index is 673. The van der Waals surface area contributed by atoms with Gasteiger partial charge in [-0.1, -0.05) is 6.07 Å². The maximum absolute atomic E-state index is 12.9. The van der Waals surface area contributed by atoms with Crippen LogP contribution in [-0.4, -0.2) is 65.5 Å². The standard InChI is InChI=1S/C19H25N3O2S/c23-18(16-6-5-14-3-1-4-15(14)11-16)21-7-2-8-22(10-9-21)19(24)17-12-25-13-20-17/h5-6,11,17,20H,1-4,7-10,12-13H2. The van der Waals surface area contributed by atoms with E-state index in [2.05, 4.69) is 17.4 Å². The van der Waals surface area contributed by atoms with Crippen LogP contribution in [0.5, 0.6) is 0 Å². The summed E-state index contributed by atoms with van der Waals surface area (Å²) in [6.45, 7) is 2.74. The molecule has 0 saturated carbocycles. The molecule has 0 radical (unpaired) electrons. The van der Waals surface area contributed by atoms with Crippen LogP contribution in [0.15, 0.2) is 18.2 Å². The Morgan fingerprint density at radius 1 is 1.00 bits per heavy atom. The van der Waals surface area contributed by atoms with Crippen molar-refractivity contribution in [1.82, 2.24) is 15.1 Å². The molecule has 1 aliphatic carbocycles. The Morgan fingerprint density at radius 3 is 2.64 bits per heavy atom. The van der Waals surface area contributed by atoms with Gasteiger partial charge in [-0.3, -0.25) is 14.9 Å². The summed E-state index contributed by atoms with van der Waals surface area (Å²) in [4.78, 5) is 29.3. The van der Waals surface area contributed by atoms with E-state index in [1.54, 1.807) is 11.8 Å². The third-order valence-electron chi connectivity index (χ3n) is 5.45. The lowest BCUT2D eigenvalue weighted by molar-refractivity contribution is -0.132. The second-order valence-corrected chi connectivity index (χ2v) is 8.11. The summed E-state index contributed by atoms with van der Waals surface area (Å²) in [5.41, 5.74) is 3.53. The fourth-order valence-corrected chi connectivity index (χ4v) is 4.94. The van der Waals surface area contributed by atoms with Crippen molar-refractivity contribution in [2.45, 2.75) is 31.7 Å². The number of fused-ring (bicyclic) bond motifs is 1. The van der Waals surface area contributed by atoms with Crippen LogP contribution in [-0.2, 0) is 17.6 Å². The molecule has 1 atom stereocenters. The SMILES string of the molecule is O=C(c1ccc2c(c1)CCC2)N1CCCN(C(=O)C2CSCN2)CC1. The molecular formula is C19H25N3O2S. The van der Waals surface area contributed by atoms with Crippen LogP contribution in [0.1, 0.15) is 34.3 Å². The fraction of sp³-hybridized carbons (Fsp3) is 0.579. The molecule has 0 bridgehead atoms.